The number of nitrogens with zero attached hydrogens (tertiary/aromatic N) is 2. The van der Waals surface area contributed by atoms with E-state index in [-0.39, 0.29) is 33.9 Å². The zero-order valence-corrected chi connectivity index (χ0v) is 18.7. The van der Waals surface area contributed by atoms with Gasteiger partial charge < -0.3 is 15.0 Å². The molecule has 0 atom stereocenters. The van der Waals surface area contributed by atoms with E-state index in [1.165, 1.54) is 38.6 Å². The molecule has 1 aliphatic rings. The Balaban J connectivity index is 1.65. The number of amides is 2. The molecule has 2 heterocycles. The zero-order valence-electron chi connectivity index (χ0n) is 17.1. The Kier molecular flexibility index (Phi) is 7.14. The van der Waals surface area contributed by atoms with Gasteiger partial charge in [-0.25, -0.2) is 18.1 Å². The topological polar surface area (TPSA) is 118 Å². The molecular weight excluding hydrogens is 444 g/mol. The first-order valence-electron chi connectivity index (χ1n) is 9.58. The number of carbonyl (C=O) groups excluding carboxylic acids is 2. The molecule has 11 heteroatoms. The van der Waals surface area contributed by atoms with Crippen molar-refractivity contribution in [2.45, 2.75) is 17.7 Å². The van der Waals surface area contributed by atoms with Gasteiger partial charge in [-0.15, -0.1) is 0 Å². The van der Waals surface area contributed by atoms with E-state index in [1.54, 1.807) is 17.0 Å². The number of pyridine rings is 1. The van der Waals surface area contributed by atoms with Gasteiger partial charge in [0, 0.05) is 30.8 Å². The van der Waals surface area contributed by atoms with Gasteiger partial charge in [-0.1, -0.05) is 11.6 Å². The van der Waals surface area contributed by atoms with Crippen molar-refractivity contribution in [3.63, 3.8) is 0 Å². The highest BCUT2D eigenvalue weighted by molar-refractivity contribution is 7.89. The lowest BCUT2D eigenvalue weighted by molar-refractivity contribution is -0.121. The van der Waals surface area contributed by atoms with Crippen molar-refractivity contribution in [2.24, 2.45) is 5.92 Å². The molecule has 0 aliphatic carbocycles. The number of piperidine rings is 1. The quantitative estimate of drug-likeness (QED) is 0.673. The summed E-state index contributed by atoms with van der Waals surface area (Å²) in [5.74, 6) is -0.138. The molecule has 1 aromatic heterocycles. The molecule has 3 rings (SSSR count). The van der Waals surface area contributed by atoms with E-state index in [9.17, 15) is 18.0 Å². The maximum atomic E-state index is 12.9. The fraction of sp³-hybridized carbons (Fsp3) is 0.350. The number of sulfonamides is 1. The van der Waals surface area contributed by atoms with Gasteiger partial charge in [-0.05, 0) is 50.2 Å². The van der Waals surface area contributed by atoms with Gasteiger partial charge in [0.25, 0.3) is 5.91 Å². The lowest BCUT2D eigenvalue weighted by Gasteiger charge is -2.31. The molecule has 2 N–H and O–H groups in total. The highest BCUT2D eigenvalue weighted by atomic mass is 35.5. The number of aromatic nitrogens is 1. The van der Waals surface area contributed by atoms with Crippen LogP contribution >= 0.6 is 11.6 Å². The summed E-state index contributed by atoms with van der Waals surface area (Å²) in [6.45, 7) is 0.760. The third kappa shape index (κ3) is 5.33. The van der Waals surface area contributed by atoms with Gasteiger partial charge >= 0.3 is 0 Å². The van der Waals surface area contributed by atoms with Crippen molar-refractivity contribution in [1.29, 1.82) is 0 Å². The Morgan fingerprint density at radius 2 is 1.90 bits per heavy atom. The van der Waals surface area contributed by atoms with Crippen LogP contribution in [0.2, 0.25) is 5.02 Å². The maximum absolute atomic E-state index is 12.9. The Morgan fingerprint density at radius 1 is 1.19 bits per heavy atom. The number of rotatable bonds is 6. The Hall–Kier alpha value is -2.69. The molecule has 0 bridgehead atoms. The van der Waals surface area contributed by atoms with Crippen LogP contribution < -0.4 is 14.8 Å². The summed E-state index contributed by atoms with van der Waals surface area (Å²) in [5, 5.41) is 3.24. The molecule has 9 nitrogen and oxygen atoms in total. The predicted molar refractivity (Wildman–Crippen MR) is 116 cm³/mol. The van der Waals surface area contributed by atoms with Crippen LogP contribution in [0.3, 0.4) is 0 Å². The standard InChI is InChI=1S/C20H23ClN4O5S/c1-22-31(28,29)17-11-14(3-5-16(17)30-2)20(27)25-9-7-13(8-10-25)19(26)24-18-6-4-15(21)12-23-18/h3-6,11-13,22H,7-10H2,1-2H3,(H,23,24,26). The smallest absolute Gasteiger partial charge is 0.253 e. The van der Waals surface area contributed by atoms with Gasteiger partial charge in [0.1, 0.15) is 16.5 Å². The minimum atomic E-state index is -3.79. The van der Waals surface area contributed by atoms with Crippen molar-refractivity contribution in [3.05, 3.63) is 47.1 Å². The Labute approximate surface area is 185 Å². The lowest BCUT2D eigenvalue weighted by Crippen LogP contribution is -2.41. The van der Waals surface area contributed by atoms with Crippen molar-refractivity contribution >= 4 is 39.3 Å². The number of likely N-dealkylation sites (tertiary alicyclic amines) is 1. The molecule has 1 fully saturated rings. The monoisotopic (exact) mass is 466 g/mol. The first-order valence-corrected chi connectivity index (χ1v) is 11.4. The highest BCUT2D eigenvalue weighted by Crippen LogP contribution is 2.27. The molecule has 1 aliphatic heterocycles. The molecule has 0 saturated carbocycles. The fourth-order valence-corrected chi connectivity index (χ4v) is 4.37. The van der Waals surface area contributed by atoms with Crippen LogP contribution in [0.1, 0.15) is 23.2 Å². The van der Waals surface area contributed by atoms with Crippen LogP contribution in [0, 0.1) is 5.92 Å². The van der Waals surface area contributed by atoms with Crippen molar-refractivity contribution < 1.29 is 22.7 Å². The average molecular weight is 467 g/mol. The second-order valence-corrected chi connectivity index (χ2v) is 9.28. The van der Waals surface area contributed by atoms with E-state index in [4.69, 9.17) is 16.3 Å². The SMILES string of the molecule is CNS(=O)(=O)c1cc(C(=O)N2CCC(C(=O)Nc3ccc(Cl)cn3)CC2)ccc1OC. The normalized spacial score (nSPS) is 14.9. The molecule has 1 aromatic carbocycles. The summed E-state index contributed by atoms with van der Waals surface area (Å²) in [5.41, 5.74) is 0.239. The number of hydrogen-bond donors (Lipinski definition) is 2. The Bertz CT molecular complexity index is 1070. The lowest BCUT2D eigenvalue weighted by atomic mass is 9.95. The summed E-state index contributed by atoms with van der Waals surface area (Å²) in [4.78, 5) is 31.0. The zero-order chi connectivity index (χ0) is 22.6. The van der Waals surface area contributed by atoms with E-state index >= 15 is 0 Å². The average Bonchev–Trinajstić information content (AvgIpc) is 2.79. The van der Waals surface area contributed by atoms with Crippen molar-refractivity contribution in [2.75, 3.05) is 32.6 Å². The van der Waals surface area contributed by atoms with E-state index in [2.05, 4.69) is 15.0 Å². The summed E-state index contributed by atoms with van der Waals surface area (Å²) in [6.07, 6.45) is 2.43. The van der Waals surface area contributed by atoms with Crippen molar-refractivity contribution in [3.8, 4) is 5.75 Å². The van der Waals surface area contributed by atoms with Crippen LogP contribution in [0.25, 0.3) is 0 Å². The van der Waals surface area contributed by atoms with Gasteiger partial charge in [-0.3, -0.25) is 9.59 Å². The van der Waals surface area contributed by atoms with E-state index in [1.807, 2.05) is 0 Å². The number of methoxy groups -OCH3 is 1. The van der Waals surface area contributed by atoms with E-state index in [0.717, 1.165) is 0 Å². The summed E-state index contributed by atoms with van der Waals surface area (Å²) in [6, 6.07) is 7.55. The number of ether oxygens (including phenoxy) is 1. The van der Waals surface area contributed by atoms with Gasteiger partial charge in [0.05, 0.1) is 12.1 Å². The molecule has 0 radical (unpaired) electrons. The second-order valence-electron chi connectivity index (χ2n) is 6.99. The minimum Gasteiger partial charge on any atom is -0.495 e. The van der Waals surface area contributed by atoms with E-state index in [0.29, 0.717) is 36.8 Å². The molecular formula is C20H23ClN4O5S. The number of halogens is 1. The molecule has 2 aromatic rings. The number of hydrogen-bond acceptors (Lipinski definition) is 6. The summed E-state index contributed by atoms with van der Waals surface area (Å²) < 4.78 is 31.8. The molecule has 1 saturated heterocycles. The third-order valence-electron chi connectivity index (χ3n) is 5.10. The van der Waals surface area contributed by atoms with Crippen LogP contribution in [-0.2, 0) is 14.8 Å². The van der Waals surface area contributed by atoms with Crippen LogP contribution in [0.4, 0.5) is 5.82 Å². The third-order valence-corrected chi connectivity index (χ3v) is 6.76. The minimum absolute atomic E-state index is 0.104. The Morgan fingerprint density at radius 3 is 2.48 bits per heavy atom. The maximum Gasteiger partial charge on any atom is 0.253 e. The molecule has 166 valence electrons. The van der Waals surface area contributed by atoms with E-state index < -0.39 is 10.0 Å². The van der Waals surface area contributed by atoms with Crippen LogP contribution in [0.15, 0.2) is 41.4 Å². The van der Waals surface area contributed by atoms with Crippen LogP contribution in [-0.4, -0.2) is 57.4 Å². The van der Waals surface area contributed by atoms with Crippen molar-refractivity contribution in [1.82, 2.24) is 14.6 Å². The molecule has 0 spiro atoms. The first kappa shape index (κ1) is 23.0. The summed E-state index contributed by atoms with van der Waals surface area (Å²) >= 11 is 5.80. The number of nitrogens with one attached hydrogen (secondary N) is 2. The molecule has 2 amide bonds. The molecule has 0 unspecified atom stereocenters. The highest BCUT2D eigenvalue weighted by Gasteiger charge is 2.29. The van der Waals surface area contributed by atoms with Gasteiger partial charge in [0.2, 0.25) is 15.9 Å². The molecule has 31 heavy (non-hydrogen) atoms. The van der Waals surface area contributed by atoms with Gasteiger partial charge in [-0.2, -0.15) is 0 Å². The fourth-order valence-electron chi connectivity index (χ4n) is 3.34. The second kappa shape index (κ2) is 9.63. The summed E-state index contributed by atoms with van der Waals surface area (Å²) in [7, 11) is -1.14. The number of carbonyl (C=O) groups is 2. The van der Waals surface area contributed by atoms with Crippen LogP contribution in [0.5, 0.6) is 5.75 Å². The largest absolute Gasteiger partial charge is 0.495 e. The predicted octanol–water partition coefficient (Wildman–Crippen LogP) is 2.14. The number of anilines is 1. The first-order chi connectivity index (χ1) is 14.7. The van der Waals surface area contributed by atoms with Gasteiger partial charge in [0.15, 0.2) is 0 Å². The number of benzene rings is 1.